The third kappa shape index (κ3) is 4.67. The molecule has 0 spiro atoms. The van der Waals surface area contributed by atoms with Gasteiger partial charge >= 0.3 is 0 Å². The van der Waals surface area contributed by atoms with Crippen LogP contribution in [0.4, 0.5) is 4.39 Å². The second-order valence-corrected chi connectivity index (χ2v) is 8.67. The summed E-state index contributed by atoms with van der Waals surface area (Å²) in [5.41, 5.74) is 2.44. The molecule has 1 N–H and O–H groups in total. The van der Waals surface area contributed by atoms with Gasteiger partial charge in [0.2, 0.25) is 5.17 Å². The number of fused-ring (bicyclic) bond motifs is 1. The number of benzene rings is 3. The molecule has 0 bridgehead atoms. The lowest BCUT2D eigenvalue weighted by Crippen LogP contribution is -2.35. The van der Waals surface area contributed by atoms with Gasteiger partial charge in [0.25, 0.3) is 5.91 Å². The lowest BCUT2D eigenvalue weighted by Gasteiger charge is -2.20. The van der Waals surface area contributed by atoms with E-state index >= 15 is 0 Å². The summed E-state index contributed by atoms with van der Waals surface area (Å²) in [6.07, 6.45) is 2.22. The summed E-state index contributed by atoms with van der Waals surface area (Å²) in [5, 5.41) is 15.6. The van der Waals surface area contributed by atoms with Crippen molar-refractivity contribution in [1.29, 1.82) is 5.41 Å². The van der Waals surface area contributed by atoms with E-state index in [-0.39, 0.29) is 23.8 Å². The molecular weight excluding hydrogens is 451 g/mol. The molecule has 0 saturated heterocycles. The highest BCUT2D eigenvalue weighted by atomic mass is 32.2. The number of nitrogens with one attached hydrogen (secondary N) is 1. The molecule has 6 nitrogen and oxygen atoms in total. The molecule has 0 saturated carbocycles. The van der Waals surface area contributed by atoms with E-state index in [2.05, 4.69) is 10.1 Å². The number of halogens is 1. The largest absolute Gasteiger partial charge is 0.489 e. The number of carbonyl (C=O) groups excluding carboxylic acids is 1. The number of hydrogen-bond acceptors (Lipinski definition) is 5. The maximum Gasteiger partial charge on any atom is 0.283 e. The Labute approximate surface area is 200 Å². The SMILES string of the molecule is N=C1C(=Cc2ccc(OCc3ccccc3F)cc2)C(=O)N=C2SC(Cc3ccccc3)=NN12. The van der Waals surface area contributed by atoms with Crippen LogP contribution in [0.1, 0.15) is 16.7 Å². The zero-order valence-corrected chi connectivity index (χ0v) is 18.8. The van der Waals surface area contributed by atoms with Crippen LogP contribution in [0.25, 0.3) is 6.08 Å². The first-order valence-electron chi connectivity index (χ1n) is 10.6. The molecule has 2 heterocycles. The predicted molar refractivity (Wildman–Crippen MR) is 132 cm³/mol. The van der Waals surface area contributed by atoms with Gasteiger partial charge in [-0.1, -0.05) is 60.7 Å². The number of hydrogen-bond donors (Lipinski definition) is 1. The number of hydrazone groups is 1. The Balaban J connectivity index is 1.29. The minimum atomic E-state index is -0.472. The van der Waals surface area contributed by atoms with E-state index in [0.29, 0.717) is 28.5 Å². The van der Waals surface area contributed by atoms with E-state index in [4.69, 9.17) is 10.1 Å². The molecular formula is C26H19FN4O2S. The lowest BCUT2D eigenvalue weighted by atomic mass is 10.1. The first-order chi connectivity index (χ1) is 16.6. The molecule has 2 aliphatic heterocycles. The highest BCUT2D eigenvalue weighted by molar-refractivity contribution is 8.26. The summed E-state index contributed by atoms with van der Waals surface area (Å²) in [7, 11) is 0. The van der Waals surface area contributed by atoms with E-state index in [0.717, 1.165) is 10.6 Å². The second kappa shape index (κ2) is 9.44. The van der Waals surface area contributed by atoms with Crippen LogP contribution in [0.5, 0.6) is 5.75 Å². The Kier molecular flexibility index (Phi) is 6.05. The van der Waals surface area contributed by atoms with Crippen molar-refractivity contribution >= 4 is 39.8 Å². The van der Waals surface area contributed by atoms with Crippen molar-refractivity contribution < 1.29 is 13.9 Å². The number of nitrogens with zero attached hydrogens (tertiary/aromatic N) is 3. The van der Waals surface area contributed by atoms with Gasteiger partial charge in [0, 0.05) is 12.0 Å². The zero-order chi connectivity index (χ0) is 23.5. The van der Waals surface area contributed by atoms with Crippen molar-refractivity contribution in [3.8, 4) is 5.75 Å². The van der Waals surface area contributed by atoms with Crippen molar-refractivity contribution in [3.63, 3.8) is 0 Å². The molecule has 0 aromatic heterocycles. The molecule has 168 valence electrons. The summed E-state index contributed by atoms with van der Waals surface area (Å²) in [6.45, 7) is 0.115. The summed E-state index contributed by atoms with van der Waals surface area (Å²) >= 11 is 1.31. The normalized spacial score (nSPS) is 16.4. The predicted octanol–water partition coefficient (Wildman–Crippen LogP) is 5.27. The number of amides is 1. The molecule has 0 radical (unpaired) electrons. The first kappa shape index (κ1) is 21.8. The zero-order valence-electron chi connectivity index (χ0n) is 17.9. The molecule has 3 aromatic carbocycles. The van der Waals surface area contributed by atoms with Crippen LogP contribution in [-0.4, -0.2) is 27.0 Å². The van der Waals surface area contributed by atoms with Crippen LogP contribution in [0, 0.1) is 11.2 Å². The molecule has 3 aromatic rings. The van der Waals surface area contributed by atoms with Crippen molar-refractivity contribution in [2.24, 2.45) is 10.1 Å². The molecule has 0 unspecified atom stereocenters. The second-order valence-electron chi connectivity index (χ2n) is 7.63. The van der Waals surface area contributed by atoms with Gasteiger partial charge in [-0.05, 0) is 47.2 Å². The van der Waals surface area contributed by atoms with Gasteiger partial charge in [0.15, 0.2) is 5.84 Å². The lowest BCUT2D eigenvalue weighted by molar-refractivity contribution is -0.114. The monoisotopic (exact) mass is 470 g/mol. The number of rotatable bonds is 6. The number of amidine groups is 2. The standard InChI is InChI=1S/C26H19FN4O2S/c27-22-9-5-4-8-19(22)16-33-20-12-10-18(11-13-20)14-21-24(28)31-26(29-25(21)32)34-23(30-31)15-17-6-2-1-3-7-17/h1-14,28H,15-16H2. The quantitative estimate of drug-likeness (QED) is 0.498. The highest BCUT2D eigenvalue weighted by Gasteiger charge is 2.35. The van der Waals surface area contributed by atoms with E-state index in [9.17, 15) is 9.18 Å². The first-order valence-corrected chi connectivity index (χ1v) is 11.4. The van der Waals surface area contributed by atoms with Gasteiger partial charge in [0.05, 0.1) is 5.57 Å². The number of aliphatic imine (C=N–C) groups is 1. The minimum absolute atomic E-state index is 0.00885. The smallest absolute Gasteiger partial charge is 0.283 e. The number of ether oxygens (including phenoxy) is 1. The fourth-order valence-corrected chi connectivity index (χ4v) is 4.40. The van der Waals surface area contributed by atoms with Gasteiger partial charge in [-0.25, -0.2) is 4.39 Å². The highest BCUT2D eigenvalue weighted by Crippen LogP contribution is 2.29. The van der Waals surface area contributed by atoms with E-state index in [1.165, 1.54) is 22.8 Å². The molecule has 2 aliphatic rings. The van der Waals surface area contributed by atoms with Crippen molar-refractivity contribution in [2.75, 3.05) is 0 Å². The Morgan fingerprint density at radius 1 is 1.00 bits per heavy atom. The fraction of sp³-hybridized carbons (Fsp3) is 0.0769. The van der Waals surface area contributed by atoms with Crippen molar-refractivity contribution in [1.82, 2.24) is 5.01 Å². The maximum absolute atomic E-state index is 13.8. The minimum Gasteiger partial charge on any atom is -0.489 e. The van der Waals surface area contributed by atoms with Crippen LogP contribution in [-0.2, 0) is 17.8 Å². The summed E-state index contributed by atoms with van der Waals surface area (Å²) in [5.74, 6) is -0.222. The molecule has 1 amide bonds. The molecule has 34 heavy (non-hydrogen) atoms. The fourth-order valence-electron chi connectivity index (χ4n) is 3.48. The molecule has 0 atom stereocenters. The van der Waals surface area contributed by atoms with Crippen LogP contribution in [0.2, 0.25) is 0 Å². The summed E-state index contributed by atoms with van der Waals surface area (Å²) < 4.78 is 19.4. The number of carbonyl (C=O) groups is 1. The third-order valence-electron chi connectivity index (χ3n) is 5.24. The molecule has 5 rings (SSSR count). The average molecular weight is 471 g/mol. The third-order valence-corrected chi connectivity index (χ3v) is 6.15. The average Bonchev–Trinajstić information content (AvgIpc) is 3.25. The summed E-state index contributed by atoms with van der Waals surface area (Å²) in [6, 6.07) is 23.4. The number of thioether (sulfide) groups is 1. The van der Waals surface area contributed by atoms with Gasteiger partial charge < -0.3 is 4.74 Å². The van der Waals surface area contributed by atoms with Crippen molar-refractivity contribution in [3.05, 3.63) is 107 Å². The van der Waals surface area contributed by atoms with E-state index < -0.39 is 5.91 Å². The Morgan fingerprint density at radius 2 is 1.74 bits per heavy atom. The Morgan fingerprint density at radius 3 is 2.50 bits per heavy atom. The van der Waals surface area contributed by atoms with Gasteiger partial charge in [-0.15, -0.1) is 0 Å². The van der Waals surface area contributed by atoms with Gasteiger partial charge in [0.1, 0.15) is 23.2 Å². The molecule has 8 heteroatoms. The Hall–Kier alpha value is -4.04. The molecule has 0 aliphatic carbocycles. The van der Waals surface area contributed by atoms with Crippen LogP contribution in [0.3, 0.4) is 0 Å². The van der Waals surface area contributed by atoms with Crippen LogP contribution >= 0.6 is 11.8 Å². The summed E-state index contributed by atoms with van der Waals surface area (Å²) in [4.78, 5) is 16.8. The van der Waals surface area contributed by atoms with Gasteiger partial charge in [-0.2, -0.15) is 15.1 Å². The van der Waals surface area contributed by atoms with Crippen molar-refractivity contribution in [2.45, 2.75) is 13.0 Å². The Bertz CT molecular complexity index is 1350. The van der Waals surface area contributed by atoms with E-state index in [1.807, 2.05) is 30.3 Å². The van der Waals surface area contributed by atoms with Crippen LogP contribution in [0.15, 0.2) is 94.5 Å². The molecule has 0 fully saturated rings. The topological polar surface area (TPSA) is 78.1 Å². The van der Waals surface area contributed by atoms with Gasteiger partial charge in [-0.3, -0.25) is 10.2 Å². The van der Waals surface area contributed by atoms with Crippen LogP contribution < -0.4 is 4.74 Å². The maximum atomic E-state index is 13.8. The van der Waals surface area contributed by atoms with E-state index in [1.54, 1.807) is 48.5 Å².